The number of halogens is 2. The first-order chi connectivity index (χ1) is 11.9. The van der Waals surface area contributed by atoms with E-state index in [1.54, 1.807) is 0 Å². The number of hydrogen-bond donors (Lipinski definition) is 2. The van der Waals surface area contributed by atoms with E-state index in [-0.39, 0.29) is 28.9 Å². The molecular formula is C16H11F2N3O4. The molecule has 0 spiro atoms. The van der Waals surface area contributed by atoms with Crippen LogP contribution in [-0.2, 0) is 6.42 Å². The Labute approximate surface area is 139 Å². The topological polar surface area (TPSA) is 105 Å². The Morgan fingerprint density at radius 3 is 2.68 bits per heavy atom. The van der Waals surface area contributed by atoms with E-state index >= 15 is 0 Å². The Balaban J connectivity index is 2.03. The highest BCUT2D eigenvalue weighted by atomic mass is 19.1. The molecule has 128 valence electrons. The summed E-state index contributed by atoms with van der Waals surface area (Å²) in [6, 6.07) is 4.67. The van der Waals surface area contributed by atoms with Crippen molar-refractivity contribution in [3.63, 3.8) is 0 Å². The number of nitrogens with one attached hydrogen (secondary N) is 1. The number of carboxylic acid groups (broad SMARTS) is 1. The molecule has 2 N–H and O–H groups in total. The Kier molecular flexibility index (Phi) is 4.38. The van der Waals surface area contributed by atoms with Gasteiger partial charge in [-0.2, -0.15) is 4.98 Å². The highest BCUT2D eigenvalue weighted by molar-refractivity contribution is 5.72. The van der Waals surface area contributed by atoms with Gasteiger partial charge in [0.25, 0.3) is 0 Å². The lowest BCUT2D eigenvalue weighted by molar-refractivity contribution is 0.186. The summed E-state index contributed by atoms with van der Waals surface area (Å²) in [5, 5.41) is 11.3. The third kappa shape index (κ3) is 3.77. The van der Waals surface area contributed by atoms with Crippen molar-refractivity contribution >= 4 is 17.1 Å². The van der Waals surface area contributed by atoms with Gasteiger partial charge in [-0.05, 0) is 29.8 Å². The zero-order valence-electron chi connectivity index (χ0n) is 12.6. The molecule has 2 aromatic heterocycles. The molecular weight excluding hydrogens is 336 g/mol. The van der Waals surface area contributed by atoms with Crippen LogP contribution in [0.3, 0.4) is 0 Å². The first-order valence-corrected chi connectivity index (χ1v) is 7.12. The van der Waals surface area contributed by atoms with Gasteiger partial charge < -0.3 is 14.8 Å². The van der Waals surface area contributed by atoms with Crippen LogP contribution >= 0.6 is 0 Å². The smallest absolute Gasteiger partial charge is 0.405 e. The van der Waals surface area contributed by atoms with E-state index < -0.39 is 29.4 Å². The number of amides is 1. The Morgan fingerprint density at radius 2 is 2.00 bits per heavy atom. The van der Waals surface area contributed by atoms with E-state index in [0.29, 0.717) is 6.07 Å². The zero-order chi connectivity index (χ0) is 18.0. The lowest BCUT2D eigenvalue weighted by atomic mass is 10.1. The maximum absolute atomic E-state index is 13.3. The van der Waals surface area contributed by atoms with Crippen molar-refractivity contribution in [1.29, 1.82) is 0 Å². The largest absolute Gasteiger partial charge is 0.465 e. The summed E-state index contributed by atoms with van der Waals surface area (Å²) >= 11 is 0. The minimum absolute atomic E-state index is 0.0800. The summed E-state index contributed by atoms with van der Waals surface area (Å²) in [6.07, 6.45) is -0.164. The second kappa shape index (κ2) is 6.63. The molecule has 0 aliphatic heterocycles. The molecule has 1 atom stereocenters. The lowest BCUT2D eigenvalue weighted by Gasteiger charge is -2.15. The third-order valence-electron chi connectivity index (χ3n) is 3.38. The molecule has 0 saturated carbocycles. The fourth-order valence-electron chi connectivity index (χ4n) is 2.39. The number of hydrogen-bond acceptors (Lipinski definition) is 5. The van der Waals surface area contributed by atoms with Gasteiger partial charge in [-0.25, -0.2) is 23.4 Å². The number of nitrogens with zero attached hydrogens (tertiary/aromatic N) is 2. The number of benzene rings is 1. The summed E-state index contributed by atoms with van der Waals surface area (Å²) in [5.41, 5.74) is -0.492. The minimum atomic E-state index is -1.41. The van der Waals surface area contributed by atoms with Gasteiger partial charge in [0.2, 0.25) is 5.89 Å². The van der Waals surface area contributed by atoms with Crippen molar-refractivity contribution in [2.75, 3.05) is 0 Å². The maximum Gasteiger partial charge on any atom is 0.405 e. The van der Waals surface area contributed by atoms with Gasteiger partial charge in [-0.15, -0.1) is 0 Å². The number of pyridine rings is 1. The number of aromatic nitrogens is 2. The zero-order valence-corrected chi connectivity index (χ0v) is 12.6. The molecule has 9 heteroatoms. The van der Waals surface area contributed by atoms with Gasteiger partial charge in [0.1, 0.15) is 23.1 Å². The van der Waals surface area contributed by atoms with Gasteiger partial charge in [-0.1, -0.05) is 0 Å². The predicted octanol–water partition coefficient (Wildman–Crippen LogP) is 2.41. The molecule has 0 saturated heterocycles. The van der Waals surface area contributed by atoms with E-state index in [2.05, 4.69) is 15.3 Å². The molecule has 1 amide bonds. The number of carbonyl (C=O) groups is 1. The third-order valence-corrected chi connectivity index (χ3v) is 3.38. The molecule has 25 heavy (non-hydrogen) atoms. The molecule has 0 aliphatic carbocycles. The normalized spacial score (nSPS) is 12.1. The predicted molar refractivity (Wildman–Crippen MR) is 82.0 cm³/mol. The van der Waals surface area contributed by atoms with Gasteiger partial charge in [0.15, 0.2) is 5.65 Å². The van der Waals surface area contributed by atoms with Gasteiger partial charge >= 0.3 is 11.7 Å². The highest BCUT2D eigenvalue weighted by Crippen LogP contribution is 2.19. The summed E-state index contributed by atoms with van der Waals surface area (Å²) in [6.45, 7) is 0. The van der Waals surface area contributed by atoms with Crippen LogP contribution in [0.25, 0.3) is 11.0 Å². The van der Waals surface area contributed by atoms with Gasteiger partial charge in [0, 0.05) is 18.7 Å². The van der Waals surface area contributed by atoms with Crippen molar-refractivity contribution in [2.45, 2.75) is 12.5 Å². The molecule has 0 radical (unpaired) electrons. The first kappa shape index (κ1) is 16.5. The Morgan fingerprint density at radius 1 is 1.28 bits per heavy atom. The lowest BCUT2D eigenvalue weighted by Crippen LogP contribution is -2.30. The molecule has 3 rings (SSSR count). The van der Waals surface area contributed by atoms with Crippen molar-refractivity contribution < 1.29 is 23.1 Å². The van der Waals surface area contributed by atoms with Crippen LogP contribution in [0, 0.1) is 11.6 Å². The van der Waals surface area contributed by atoms with Gasteiger partial charge in [-0.3, -0.25) is 0 Å². The van der Waals surface area contributed by atoms with Crippen molar-refractivity contribution in [3.8, 4) is 0 Å². The molecule has 0 fully saturated rings. The van der Waals surface area contributed by atoms with Crippen molar-refractivity contribution in [1.82, 2.24) is 15.3 Å². The molecule has 1 aromatic carbocycles. The van der Waals surface area contributed by atoms with E-state index in [0.717, 1.165) is 12.1 Å². The average Bonchev–Trinajstić information content (AvgIpc) is 2.53. The van der Waals surface area contributed by atoms with Crippen LogP contribution in [-0.4, -0.2) is 21.2 Å². The summed E-state index contributed by atoms with van der Waals surface area (Å²) in [5.74, 6) is -1.86. The van der Waals surface area contributed by atoms with Crippen molar-refractivity contribution in [3.05, 3.63) is 70.0 Å². The molecule has 7 nitrogen and oxygen atoms in total. The summed E-state index contributed by atoms with van der Waals surface area (Å²) < 4.78 is 31.7. The second-order valence-electron chi connectivity index (χ2n) is 5.20. The first-order valence-electron chi connectivity index (χ1n) is 7.12. The van der Waals surface area contributed by atoms with Crippen molar-refractivity contribution in [2.24, 2.45) is 0 Å². The minimum Gasteiger partial charge on any atom is -0.465 e. The molecule has 0 unspecified atom stereocenters. The average molecular weight is 347 g/mol. The van der Waals surface area contributed by atoms with E-state index in [4.69, 9.17) is 9.52 Å². The van der Waals surface area contributed by atoms with Crippen LogP contribution in [0.1, 0.15) is 17.5 Å². The Hall–Kier alpha value is -3.36. The highest BCUT2D eigenvalue weighted by Gasteiger charge is 2.21. The standard InChI is InChI=1S/C16H11F2N3O4/c17-9-4-8(5-10(18)7-9)6-12(20-16(23)24)14-21-13-11(15(22)25-14)2-1-3-19-13/h1-5,7,12,20H,6H2,(H,23,24)/t12-/m0/s1. The van der Waals surface area contributed by atoms with Crippen LogP contribution in [0.15, 0.2) is 45.7 Å². The molecule has 2 heterocycles. The van der Waals surface area contributed by atoms with Crippen LogP contribution in [0.5, 0.6) is 0 Å². The van der Waals surface area contributed by atoms with Crippen LogP contribution in [0.2, 0.25) is 0 Å². The van der Waals surface area contributed by atoms with Crippen LogP contribution < -0.4 is 10.9 Å². The number of fused-ring (bicyclic) bond motifs is 1. The molecule has 0 bridgehead atoms. The summed E-state index contributed by atoms with van der Waals surface area (Å²) in [7, 11) is 0. The summed E-state index contributed by atoms with van der Waals surface area (Å²) in [4.78, 5) is 31.0. The molecule has 0 aliphatic rings. The number of rotatable bonds is 4. The van der Waals surface area contributed by atoms with Crippen LogP contribution in [0.4, 0.5) is 13.6 Å². The second-order valence-corrected chi connectivity index (χ2v) is 5.20. The SMILES string of the molecule is O=C(O)N[C@@H](Cc1cc(F)cc(F)c1)c1nc2ncccc2c(=O)o1. The fraction of sp³-hybridized carbons (Fsp3) is 0.125. The van der Waals surface area contributed by atoms with E-state index in [1.165, 1.54) is 18.3 Å². The van der Waals surface area contributed by atoms with Gasteiger partial charge in [0.05, 0.1) is 0 Å². The quantitative estimate of drug-likeness (QED) is 0.751. The monoisotopic (exact) mass is 347 g/mol. The molecule has 3 aromatic rings. The van der Waals surface area contributed by atoms with E-state index in [9.17, 15) is 18.4 Å². The fourth-order valence-corrected chi connectivity index (χ4v) is 2.39. The Bertz CT molecular complexity index is 986. The maximum atomic E-state index is 13.3. The van der Waals surface area contributed by atoms with E-state index in [1.807, 2.05) is 0 Å².